The molecule has 0 aliphatic rings. The Kier molecular flexibility index (Phi) is 8.32. The molecule has 6 nitrogen and oxygen atoms in total. The van der Waals surface area contributed by atoms with Crippen molar-refractivity contribution >= 4 is 23.6 Å². The lowest BCUT2D eigenvalue weighted by atomic mass is 10.0. The van der Waals surface area contributed by atoms with Crippen molar-refractivity contribution in [2.75, 3.05) is 26.9 Å². The van der Waals surface area contributed by atoms with Gasteiger partial charge in [0.25, 0.3) is 0 Å². The first-order valence-electron chi connectivity index (χ1n) is 7.01. The number of ether oxygens (including phenoxy) is 2. The predicted molar refractivity (Wildman–Crippen MR) is 83.9 cm³/mol. The molecule has 0 spiro atoms. The zero-order valence-corrected chi connectivity index (χ0v) is 13.5. The first kappa shape index (κ1) is 18.3. The maximum Gasteiger partial charge on any atom is 0.315 e. The molecule has 0 bridgehead atoms. The number of halogens is 1. The molecule has 1 aromatic carbocycles. The molecular formula is C15H21ClN2O4. The maximum atomic E-state index is 11.9. The second kappa shape index (κ2) is 10.0. The highest BCUT2D eigenvalue weighted by Crippen LogP contribution is 2.25. The fraction of sp³-hybridized carbons (Fsp3) is 0.467. The summed E-state index contributed by atoms with van der Waals surface area (Å²) in [7, 11) is 1.30. The zero-order valence-electron chi connectivity index (χ0n) is 12.7. The van der Waals surface area contributed by atoms with Gasteiger partial charge < -0.3 is 20.1 Å². The first-order chi connectivity index (χ1) is 10.6. The summed E-state index contributed by atoms with van der Waals surface area (Å²) in [6, 6.07) is 6.08. The van der Waals surface area contributed by atoms with Crippen molar-refractivity contribution in [2.24, 2.45) is 0 Å². The molecule has 0 radical (unpaired) electrons. The third kappa shape index (κ3) is 6.32. The van der Waals surface area contributed by atoms with Crippen LogP contribution in [0.15, 0.2) is 24.3 Å². The molecule has 0 saturated heterocycles. The molecule has 2 amide bonds. The number of carbonyl (C=O) groups excluding carboxylic acids is 2. The van der Waals surface area contributed by atoms with Gasteiger partial charge in [0.1, 0.15) is 0 Å². The zero-order chi connectivity index (χ0) is 16.4. The van der Waals surface area contributed by atoms with E-state index < -0.39 is 18.0 Å². The van der Waals surface area contributed by atoms with Gasteiger partial charge in [-0.05, 0) is 18.6 Å². The quantitative estimate of drug-likeness (QED) is 0.567. The second-order valence-electron chi connectivity index (χ2n) is 4.45. The number of rotatable bonds is 8. The van der Waals surface area contributed by atoms with Crippen molar-refractivity contribution in [1.82, 2.24) is 10.6 Å². The summed E-state index contributed by atoms with van der Waals surface area (Å²) in [5, 5.41) is 5.86. The number of urea groups is 1. The van der Waals surface area contributed by atoms with E-state index in [1.807, 2.05) is 6.92 Å². The number of nitrogens with one attached hydrogen (secondary N) is 2. The molecule has 22 heavy (non-hydrogen) atoms. The van der Waals surface area contributed by atoms with Crippen LogP contribution in [0, 0.1) is 0 Å². The Balaban J connectivity index is 2.68. The number of carbonyl (C=O) groups is 2. The summed E-state index contributed by atoms with van der Waals surface area (Å²) in [6.07, 6.45) is -0.000880. The van der Waals surface area contributed by atoms with Crippen molar-refractivity contribution in [3.63, 3.8) is 0 Å². The lowest BCUT2D eigenvalue weighted by Crippen LogP contribution is -2.40. The fourth-order valence-electron chi connectivity index (χ4n) is 1.84. The Morgan fingerprint density at radius 1 is 1.32 bits per heavy atom. The monoisotopic (exact) mass is 328 g/mol. The van der Waals surface area contributed by atoms with Crippen LogP contribution >= 0.6 is 11.6 Å². The van der Waals surface area contributed by atoms with Crippen LogP contribution in [0.4, 0.5) is 4.79 Å². The number of benzene rings is 1. The van der Waals surface area contributed by atoms with Gasteiger partial charge in [-0.3, -0.25) is 4.79 Å². The Labute approximate surface area is 135 Å². The standard InChI is InChI=1S/C15H21ClN2O4/c1-3-22-9-8-17-15(20)18-13(10-14(19)21-2)11-6-4-5-7-12(11)16/h4-7,13H,3,8-10H2,1-2H3,(H2,17,18,20). The van der Waals surface area contributed by atoms with Crippen LogP contribution in [0.3, 0.4) is 0 Å². The van der Waals surface area contributed by atoms with Gasteiger partial charge in [-0.15, -0.1) is 0 Å². The van der Waals surface area contributed by atoms with Crippen LogP contribution in [-0.4, -0.2) is 38.9 Å². The summed E-state index contributed by atoms with van der Waals surface area (Å²) in [5.74, 6) is -0.431. The minimum Gasteiger partial charge on any atom is -0.469 e. The van der Waals surface area contributed by atoms with Gasteiger partial charge in [-0.2, -0.15) is 0 Å². The van der Waals surface area contributed by atoms with Gasteiger partial charge in [0.2, 0.25) is 0 Å². The number of esters is 1. The average Bonchev–Trinajstić information content (AvgIpc) is 2.51. The molecule has 0 aliphatic heterocycles. The summed E-state index contributed by atoms with van der Waals surface area (Å²) in [4.78, 5) is 23.4. The van der Waals surface area contributed by atoms with Crippen LogP contribution in [0.25, 0.3) is 0 Å². The molecular weight excluding hydrogens is 308 g/mol. The van der Waals surface area contributed by atoms with Crippen molar-refractivity contribution in [3.8, 4) is 0 Å². The predicted octanol–water partition coefficient (Wildman–Crippen LogP) is 2.28. The van der Waals surface area contributed by atoms with Gasteiger partial charge in [0.15, 0.2) is 0 Å². The summed E-state index contributed by atoms with van der Waals surface area (Å²) < 4.78 is 9.80. The second-order valence-corrected chi connectivity index (χ2v) is 4.86. The highest BCUT2D eigenvalue weighted by Gasteiger charge is 2.20. The van der Waals surface area contributed by atoms with E-state index in [1.165, 1.54) is 7.11 Å². The molecule has 1 atom stereocenters. The van der Waals surface area contributed by atoms with Crippen molar-refractivity contribution in [2.45, 2.75) is 19.4 Å². The molecule has 0 heterocycles. The number of amides is 2. The molecule has 0 saturated carbocycles. The summed E-state index contributed by atoms with van der Waals surface area (Å²) >= 11 is 6.13. The molecule has 1 rings (SSSR count). The van der Waals surface area contributed by atoms with Gasteiger partial charge in [0.05, 0.1) is 26.2 Å². The number of methoxy groups -OCH3 is 1. The van der Waals surface area contributed by atoms with E-state index in [2.05, 4.69) is 15.4 Å². The third-order valence-corrected chi connectivity index (χ3v) is 3.26. The molecule has 1 aromatic rings. The first-order valence-corrected chi connectivity index (χ1v) is 7.39. The topological polar surface area (TPSA) is 76.7 Å². The molecule has 0 aliphatic carbocycles. The van der Waals surface area contributed by atoms with Crippen molar-refractivity contribution in [3.05, 3.63) is 34.9 Å². The van der Waals surface area contributed by atoms with Gasteiger partial charge in [0, 0.05) is 18.2 Å². The van der Waals surface area contributed by atoms with E-state index >= 15 is 0 Å². The normalized spacial score (nSPS) is 11.6. The minimum atomic E-state index is -0.562. The molecule has 1 unspecified atom stereocenters. The molecule has 7 heteroatoms. The third-order valence-electron chi connectivity index (χ3n) is 2.92. The van der Waals surface area contributed by atoms with Crippen LogP contribution < -0.4 is 10.6 Å². The molecule has 0 aromatic heterocycles. The number of hydrogen-bond acceptors (Lipinski definition) is 4. The molecule has 122 valence electrons. The van der Waals surface area contributed by atoms with Crippen LogP contribution in [0.2, 0.25) is 5.02 Å². The maximum absolute atomic E-state index is 11.9. The highest BCUT2D eigenvalue weighted by atomic mass is 35.5. The minimum absolute atomic E-state index is 0.000880. The van der Waals surface area contributed by atoms with Crippen LogP contribution in [0.1, 0.15) is 24.9 Å². The van der Waals surface area contributed by atoms with E-state index in [0.29, 0.717) is 30.3 Å². The fourth-order valence-corrected chi connectivity index (χ4v) is 2.10. The van der Waals surface area contributed by atoms with Gasteiger partial charge in [-0.25, -0.2) is 4.79 Å². The van der Waals surface area contributed by atoms with Crippen LogP contribution in [0.5, 0.6) is 0 Å². The average molecular weight is 329 g/mol. The van der Waals surface area contributed by atoms with E-state index in [4.69, 9.17) is 16.3 Å². The summed E-state index contributed by atoms with van der Waals surface area (Å²) in [5.41, 5.74) is 0.662. The van der Waals surface area contributed by atoms with E-state index in [1.54, 1.807) is 24.3 Å². The van der Waals surface area contributed by atoms with Crippen molar-refractivity contribution in [1.29, 1.82) is 0 Å². The lowest BCUT2D eigenvalue weighted by Gasteiger charge is -2.19. The number of hydrogen-bond donors (Lipinski definition) is 2. The molecule has 0 fully saturated rings. The van der Waals surface area contributed by atoms with Crippen molar-refractivity contribution < 1.29 is 19.1 Å². The van der Waals surface area contributed by atoms with Gasteiger partial charge in [-0.1, -0.05) is 29.8 Å². The Morgan fingerprint density at radius 2 is 2.05 bits per heavy atom. The summed E-state index contributed by atoms with van der Waals surface area (Å²) in [6.45, 7) is 3.28. The Hall–Kier alpha value is -1.79. The van der Waals surface area contributed by atoms with E-state index in [-0.39, 0.29) is 6.42 Å². The smallest absolute Gasteiger partial charge is 0.315 e. The van der Waals surface area contributed by atoms with Crippen LogP contribution in [-0.2, 0) is 14.3 Å². The lowest BCUT2D eigenvalue weighted by molar-refractivity contribution is -0.141. The van der Waals surface area contributed by atoms with E-state index in [0.717, 1.165) is 0 Å². The Bertz CT molecular complexity index is 496. The highest BCUT2D eigenvalue weighted by molar-refractivity contribution is 6.31. The molecule has 2 N–H and O–H groups in total. The van der Waals surface area contributed by atoms with E-state index in [9.17, 15) is 9.59 Å². The largest absolute Gasteiger partial charge is 0.469 e. The Morgan fingerprint density at radius 3 is 2.68 bits per heavy atom. The van der Waals surface area contributed by atoms with Gasteiger partial charge >= 0.3 is 12.0 Å². The SMILES string of the molecule is CCOCCNC(=O)NC(CC(=O)OC)c1ccccc1Cl.